The molecular weight excluding hydrogens is 350 g/mol. The predicted octanol–water partition coefficient (Wildman–Crippen LogP) is 1.91. The number of benzene rings is 1. The van der Waals surface area contributed by atoms with Gasteiger partial charge >= 0.3 is 0 Å². The van der Waals surface area contributed by atoms with E-state index in [9.17, 15) is 9.59 Å². The summed E-state index contributed by atoms with van der Waals surface area (Å²) < 4.78 is 5.95. The van der Waals surface area contributed by atoms with Crippen LogP contribution in [0.25, 0.3) is 0 Å². The third kappa shape index (κ3) is 2.30. The lowest BCUT2D eigenvalue weighted by Gasteiger charge is -2.31. The minimum Gasteiger partial charge on any atom is -0.351 e. The SMILES string of the molecule is O=C(c1csc(Cc2ccccc2)n1)N1CC[C@@]23OCCN2C(=O)C[C@@H]13. The molecule has 1 aromatic carbocycles. The first kappa shape index (κ1) is 16.0. The molecule has 5 rings (SSSR count). The zero-order valence-electron chi connectivity index (χ0n) is 14.3. The van der Waals surface area contributed by atoms with E-state index in [-0.39, 0.29) is 17.9 Å². The lowest BCUT2D eigenvalue weighted by atomic mass is 10.1. The second-order valence-corrected chi connectivity index (χ2v) is 7.94. The van der Waals surface area contributed by atoms with Gasteiger partial charge in [0.15, 0.2) is 5.72 Å². The van der Waals surface area contributed by atoms with E-state index in [1.54, 1.807) is 4.90 Å². The minimum atomic E-state index is -0.588. The van der Waals surface area contributed by atoms with Crippen LogP contribution in [0.15, 0.2) is 35.7 Å². The van der Waals surface area contributed by atoms with Crippen LogP contribution in [-0.2, 0) is 16.0 Å². The van der Waals surface area contributed by atoms with Crippen LogP contribution in [0.3, 0.4) is 0 Å². The van der Waals surface area contributed by atoms with Crippen LogP contribution in [0.2, 0.25) is 0 Å². The molecule has 6 nitrogen and oxygen atoms in total. The molecular formula is C19H19N3O3S. The van der Waals surface area contributed by atoms with E-state index in [0.29, 0.717) is 38.2 Å². The van der Waals surface area contributed by atoms with Gasteiger partial charge in [-0.15, -0.1) is 11.3 Å². The average molecular weight is 369 g/mol. The molecule has 1 aromatic heterocycles. The van der Waals surface area contributed by atoms with Crippen molar-refractivity contribution >= 4 is 23.2 Å². The lowest BCUT2D eigenvalue weighted by molar-refractivity contribution is -0.136. The van der Waals surface area contributed by atoms with Crippen molar-refractivity contribution in [2.75, 3.05) is 19.7 Å². The van der Waals surface area contributed by atoms with E-state index in [1.807, 2.05) is 28.5 Å². The maximum Gasteiger partial charge on any atom is 0.273 e. The number of rotatable bonds is 3. The van der Waals surface area contributed by atoms with E-state index in [1.165, 1.54) is 16.9 Å². The van der Waals surface area contributed by atoms with Gasteiger partial charge in [-0.3, -0.25) is 9.59 Å². The number of hydrogen-bond donors (Lipinski definition) is 0. The summed E-state index contributed by atoms with van der Waals surface area (Å²) in [4.78, 5) is 33.5. The van der Waals surface area contributed by atoms with E-state index in [0.717, 1.165) is 11.4 Å². The Balaban J connectivity index is 1.36. The van der Waals surface area contributed by atoms with Crippen LogP contribution in [-0.4, -0.2) is 58.1 Å². The molecule has 3 fully saturated rings. The van der Waals surface area contributed by atoms with Gasteiger partial charge in [0.2, 0.25) is 5.91 Å². The van der Waals surface area contributed by atoms with Gasteiger partial charge in [0, 0.05) is 31.3 Å². The van der Waals surface area contributed by atoms with Crippen LogP contribution in [0, 0.1) is 0 Å². The van der Waals surface area contributed by atoms with Gasteiger partial charge in [-0.1, -0.05) is 30.3 Å². The highest BCUT2D eigenvalue weighted by Crippen LogP contribution is 2.45. The minimum absolute atomic E-state index is 0.0902. The van der Waals surface area contributed by atoms with Crippen molar-refractivity contribution in [3.05, 3.63) is 52.0 Å². The first-order valence-electron chi connectivity index (χ1n) is 8.91. The Morgan fingerprint density at radius 1 is 1.31 bits per heavy atom. The number of thiazole rings is 1. The van der Waals surface area contributed by atoms with Crippen molar-refractivity contribution in [2.45, 2.75) is 31.0 Å². The number of carbonyl (C=O) groups is 2. The molecule has 2 aromatic rings. The summed E-state index contributed by atoms with van der Waals surface area (Å²) in [7, 11) is 0. The van der Waals surface area contributed by atoms with Gasteiger partial charge in [0.25, 0.3) is 5.91 Å². The largest absolute Gasteiger partial charge is 0.351 e. The molecule has 2 amide bonds. The molecule has 3 aliphatic heterocycles. The molecule has 4 heterocycles. The summed E-state index contributed by atoms with van der Waals surface area (Å²) in [5.41, 5.74) is 1.06. The summed E-state index contributed by atoms with van der Waals surface area (Å²) in [6.07, 6.45) is 1.77. The first-order chi connectivity index (χ1) is 12.7. The summed E-state index contributed by atoms with van der Waals surface area (Å²) >= 11 is 1.51. The normalized spacial score (nSPS) is 27.1. The zero-order chi connectivity index (χ0) is 17.7. The Morgan fingerprint density at radius 2 is 2.15 bits per heavy atom. The van der Waals surface area contributed by atoms with Crippen LogP contribution < -0.4 is 0 Å². The number of nitrogens with zero attached hydrogens (tertiary/aromatic N) is 3. The molecule has 3 aliphatic rings. The molecule has 134 valence electrons. The topological polar surface area (TPSA) is 62.7 Å². The summed E-state index contributed by atoms with van der Waals surface area (Å²) in [6, 6.07) is 9.92. The quantitative estimate of drug-likeness (QED) is 0.829. The second-order valence-electron chi connectivity index (χ2n) is 7.00. The Morgan fingerprint density at radius 3 is 3.00 bits per heavy atom. The molecule has 3 saturated heterocycles. The Labute approximate surface area is 155 Å². The van der Waals surface area contributed by atoms with Crippen LogP contribution in [0.5, 0.6) is 0 Å². The van der Waals surface area contributed by atoms with Gasteiger partial charge < -0.3 is 14.5 Å². The predicted molar refractivity (Wildman–Crippen MR) is 95.8 cm³/mol. The number of aromatic nitrogens is 1. The molecule has 0 N–H and O–H groups in total. The van der Waals surface area contributed by atoms with Crippen molar-refractivity contribution in [2.24, 2.45) is 0 Å². The molecule has 2 atom stereocenters. The van der Waals surface area contributed by atoms with Crippen molar-refractivity contribution in [1.82, 2.24) is 14.8 Å². The average Bonchev–Trinajstić information content (AvgIpc) is 3.39. The highest BCUT2D eigenvalue weighted by molar-refractivity contribution is 7.09. The lowest BCUT2D eigenvalue weighted by Crippen LogP contribution is -2.48. The van der Waals surface area contributed by atoms with E-state index in [2.05, 4.69) is 17.1 Å². The summed E-state index contributed by atoms with van der Waals surface area (Å²) in [5.74, 6) is 0.000584. The maximum absolute atomic E-state index is 13.0. The van der Waals surface area contributed by atoms with Crippen molar-refractivity contribution < 1.29 is 14.3 Å². The standard InChI is InChI=1S/C19H19N3O3S/c23-17-11-15-19(22(17)8-9-25-19)6-7-21(15)18(24)14-12-26-16(20-14)10-13-4-2-1-3-5-13/h1-5,12,15H,6-11H2/t15-,19+/m1/s1. The fourth-order valence-electron chi connectivity index (χ4n) is 4.44. The molecule has 7 heteroatoms. The number of ether oxygens (including phenoxy) is 1. The maximum atomic E-state index is 13.0. The highest BCUT2D eigenvalue weighted by Gasteiger charge is 2.63. The Bertz CT molecular complexity index is 868. The molecule has 0 bridgehead atoms. The highest BCUT2D eigenvalue weighted by atomic mass is 32.1. The van der Waals surface area contributed by atoms with Crippen molar-refractivity contribution in [3.63, 3.8) is 0 Å². The molecule has 0 unspecified atom stereocenters. The monoisotopic (exact) mass is 369 g/mol. The van der Waals surface area contributed by atoms with Crippen molar-refractivity contribution in [1.29, 1.82) is 0 Å². The summed E-state index contributed by atoms with van der Waals surface area (Å²) in [6.45, 7) is 1.80. The van der Waals surface area contributed by atoms with Crippen LogP contribution in [0.4, 0.5) is 0 Å². The van der Waals surface area contributed by atoms with E-state index < -0.39 is 5.72 Å². The summed E-state index contributed by atoms with van der Waals surface area (Å²) in [5, 5.41) is 2.75. The number of likely N-dealkylation sites (tertiary alicyclic amines) is 1. The zero-order valence-corrected chi connectivity index (χ0v) is 15.1. The Kier molecular flexibility index (Phi) is 3.62. The number of hydrogen-bond acceptors (Lipinski definition) is 5. The molecule has 0 radical (unpaired) electrons. The third-order valence-corrected chi connectivity index (χ3v) is 6.48. The number of amides is 2. The smallest absolute Gasteiger partial charge is 0.273 e. The van der Waals surface area contributed by atoms with Crippen LogP contribution >= 0.6 is 11.3 Å². The van der Waals surface area contributed by atoms with Crippen LogP contribution in [0.1, 0.15) is 33.9 Å². The molecule has 26 heavy (non-hydrogen) atoms. The van der Waals surface area contributed by atoms with E-state index >= 15 is 0 Å². The van der Waals surface area contributed by atoms with Crippen molar-refractivity contribution in [3.8, 4) is 0 Å². The van der Waals surface area contributed by atoms with Gasteiger partial charge in [0.05, 0.1) is 24.1 Å². The van der Waals surface area contributed by atoms with Gasteiger partial charge in [-0.2, -0.15) is 0 Å². The third-order valence-electron chi connectivity index (χ3n) is 5.63. The van der Waals surface area contributed by atoms with Gasteiger partial charge in [0.1, 0.15) is 5.69 Å². The first-order valence-corrected chi connectivity index (χ1v) is 9.79. The molecule has 0 aliphatic carbocycles. The van der Waals surface area contributed by atoms with E-state index in [4.69, 9.17) is 4.74 Å². The molecule has 0 saturated carbocycles. The second kappa shape index (κ2) is 5.89. The fourth-order valence-corrected chi connectivity index (χ4v) is 5.24. The van der Waals surface area contributed by atoms with Gasteiger partial charge in [-0.25, -0.2) is 4.98 Å². The number of carbonyl (C=O) groups excluding carboxylic acids is 2. The molecule has 1 spiro atoms. The van der Waals surface area contributed by atoms with Gasteiger partial charge in [-0.05, 0) is 5.56 Å². The Hall–Kier alpha value is -2.25. The fraction of sp³-hybridized carbons (Fsp3) is 0.421.